The molecule has 0 atom stereocenters. The summed E-state index contributed by atoms with van der Waals surface area (Å²) in [6.07, 6.45) is 0. The molecule has 0 fully saturated rings. The lowest BCUT2D eigenvalue weighted by molar-refractivity contribution is 0.0696. The van der Waals surface area contributed by atoms with E-state index in [2.05, 4.69) is 10.0 Å². The van der Waals surface area contributed by atoms with Crippen molar-refractivity contribution in [1.82, 2.24) is 4.72 Å². The number of benzene rings is 1. The van der Waals surface area contributed by atoms with Gasteiger partial charge in [0.25, 0.3) is 0 Å². The highest BCUT2D eigenvalue weighted by atomic mass is 32.2. The third-order valence-corrected chi connectivity index (χ3v) is 4.13. The number of ether oxygens (including phenoxy) is 1. The first-order chi connectivity index (χ1) is 10.1. The van der Waals surface area contributed by atoms with Crippen LogP contribution in [0.25, 0.3) is 0 Å². The van der Waals surface area contributed by atoms with Crippen molar-refractivity contribution in [2.24, 2.45) is 0 Å². The zero-order valence-electron chi connectivity index (χ0n) is 13.1. The highest BCUT2D eigenvalue weighted by Crippen LogP contribution is 2.25. The van der Waals surface area contributed by atoms with Crippen molar-refractivity contribution >= 4 is 21.7 Å². The summed E-state index contributed by atoms with van der Waals surface area (Å²) in [6.45, 7) is 5.97. The lowest BCUT2D eigenvalue weighted by atomic mass is 10.1. The van der Waals surface area contributed by atoms with Crippen LogP contribution in [-0.4, -0.2) is 45.3 Å². The number of hydrogen-bond acceptors (Lipinski definition) is 5. The van der Waals surface area contributed by atoms with Crippen LogP contribution in [0.15, 0.2) is 23.1 Å². The molecule has 0 aliphatic heterocycles. The van der Waals surface area contributed by atoms with Crippen LogP contribution in [0.5, 0.6) is 0 Å². The van der Waals surface area contributed by atoms with Gasteiger partial charge in [0.2, 0.25) is 10.0 Å². The van der Waals surface area contributed by atoms with Crippen molar-refractivity contribution in [1.29, 1.82) is 0 Å². The van der Waals surface area contributed by atoms with Gasteiger partial charge in [0.15, 0.2) is 0 Å². The number of hydrogen-bond donors (Lipinski definition) is 3. The number of sulfonamides is 1. The fourth-order valence-electron chi connectivity index (χ4n) is 1.74. The van der Waals surface area contributed by atoms with Crippen molar-refractivity contribution in [3.63, 3.8) is 0 Å². The second kappa shape index (κ2) is 7.08. The molecule has 3 N–H and O–H groups in total. The standard InChI is InChI=1S/C14H22N2O5S/c1-14(2,3)16-11-6-5-10(13(17)18)9-12(11)22(19,20)15-7-8-21-4/h5-6,9,15-16H,7-8H2,1-4H3,(H,17,18). The minimum atomic E-state index is -3.85. The van der Waals surface area contributed by atoms with Gasteiger partial charge in [-0.25, -0.2) is 17.9 Å². The van der Waals surface area contributed by atoms with E-state index in [1.807, 2.05) is 20.8 Å². The van der Waals surface area contributed by atoms with E-state index in [1.165, 1.54) is 19.2 Å². The molecule has 8 heteroatoms. The van der Waals surface area contributed by atoms with Crippen molar-refractivity contribution in [2.45, 2.75) is 31.2 Å². The van der Waals surface area contributed by atoms with Crippen LogP contribution < -0.4 is 10.0 Å². The summed E-state index contributed by atoms with van der Waals surface area (Å²) in [6, 6.07) is 3.97. The van der Waals surface area contributed by atoms with Crippen molar-refractivity contribution in [3.05, 3.63) is 23.8 Å². The fraction of sp³-hybridized carbons (Fsp3) is 0.500. The summed E-state index contributed by atoms with van der Waals surface area (Å²) in [5, 5.41) is 12.1. The van der Waals surface area contributed by atoms with Crippen LogP contribution in [-0.2, 0) is 14.8 Å². The molecule has 0 bridgehead atoms. The lowest BCUT2D eigenvalue weighted by Gasteiger charge is -2.24. The first-order valence-electron chi connectivity index (χ1n) is 6.71. The molecule has 0 aliphatic carbocycles. The van der Waals surface area contributed by atoms with Crippen LogP contribution in [0, 0.1) is 0 Å². The van der Waals surface area contributed by atoms with E-state index in [0.717, 1.165) is 6.07 Å². The zero-order valence-corrected chi connectivity index (χ0v) is 14.0. The van der Waals surface area contributed by atoms with Crippen molar-refractivity contribution in [3.8, 4) is 0 Å². The van der Waals surface area contributed by atoms with Gasteiger partial charge in [0.1, 0.15) is 4.90 Å². The van der Waals surface area contributed by atoms with E-state index in [9.17, 15) is 13.2 Å². The molecule has 0 saturated carbocycles. The smallest absolute Gasteiger partial charge is 0.335 e. The van der Waals surface area contributed by atoms with Crippen LogP contribution in [0.1, 0.15) is 31.1 Å². The maximum Gasteiger partial charge on any atom is 0.335 e. The molecule has 1 aromatic rings. The lowest BCUT2D eigenvalue weighted by Crippen LogP contribution is -2.31. The maximum absolute atomic E-state index is 12.4. The average molecular weight is 330 g/mol. The molecule has 22 heavy (non-hydrogen) atoms. The van der Waals surface area contributed by atoms with Crippen LogP contribution >= 0.6 is 0 Å². The number of anilines is 1. The van der Waals surface area contributed by atoms with Crippen LogP contribution in [0.2, 0.25) is 0 Å². The maximum atomic E-state index is 12.4. The van der Waals surface area contributed by atoms with Gasteiger partial charge in [0, 0.05) is 19.2 Å². The number of nitrogens with one attached hydrogen (secondary N) is 2. The van der Waals surface area contributed by atoms with Gasteiger partial charge in [-0.2, -0.15) is 0 Å². The predicted octanol–water partition coefficient (Wildman–Crippen LogP) is 1.52. The summed E-state index contributed by atoms with van der Waals surface area (Å²) in [5.74, 6) is -1.18. The Hall–Kier alpha value is -1.64. The fourth-order valence-corrected chi connectivity index (χ4v) is 2.94. The van der Waals surface area contributed by atoms with Gasteiger partial charge in [-0.15, -0.1) is 0 Å². The normalized spacial score (nSPS) is 12.2. The molecule has 124 valence electrons. The Balaban J connectivity index is 3.27. The van der Waals surface area contributed by atoms with E-state index in [0.29, 0.717) is 5.69 Å². The summed E-state index contributed by atoms with van der Waals surface area (Å²) in [7, 11) is -2.38. The molecule has 0 heterocycles. The highest BCUT2D eigenvalue weighted by molar-refractivity contribution is 7.89. The summed E-state index contributed by atoms with van der Waals surface area (Å²) in [4.78, 5) is 11.0. The molecule has 0 aromatic heterocycles. The van der Waals surface area contributed by atoms with E-state index in [4.69, 9.17) is 9.84 Å². The summed E-state index contributed by atoms with van der Waals surface area (Å²) in [5.41, 5.74) is -0.115. The van der Waals surface area contributed by atoms with E-state index < -0.39 is 16.0 Å². The molecule has 0 amide bonds. The Labute approximate surface area is 130 Å². The molecule has 1 aromatic carbocycles. The van der Waals surface area contributed by atoms with Gasteiger partial charge in [-0.3, -0.25) is 0 Å². The van der Waals surface area contributed by atoms with Crippen LogP contribution in [0.3, 0.4) is 0 Å². The van der Waals surface area contributed by atoms with Gasteiger partial charge in [-0.1, -0.05) is 0 Å². The monoisotopic (exact) mass is 330 g/mol. The summed E-state index contributed by atoms with van der Waals surface area (Å²) < 4.78 is 32.0. The number of aromatic carboxylic acids is 1. The van der Waals surface area contributed by atoms with Crippen molar-refractivity contribution < 1.29 is 23.1 Å². The Bertz CT molecular complexity index is 635. The zero-order chi connectivity index (χ0) is 17.0. The third kappa shape index (κ3) is 5.28. The SMILES string of the molecule is COCCNS(=O)(=O)c1cc(C(=O)O)ccc1NC(C)(C)C. The Morgan fingerprint density at radius 1 is 1.32 bits per heavy atom. The van der Waals surface area contributed by atoms with Gasteiger partial charge >= 0.3 is 5.97 Å². The molecule has 0 radical (unpaired) electrons. The van der Waals surface area contributed by atoms with Gasteiger partial charge in [-0.05, 0) is 39.0 Å². The minimum Gasteiger partial charge on any atom is -0.478 e. The van der Waals surface area contributed by atoms with Crippen molar-refractivity contribution in [2.75, 3.05) is 25.6 Å². The van der Waals surface area contributed by atoms with E-state index in [1.54, 1.807) is 0 Å². The average Bonchev–Trinajstić information content (AvgIpc) is 2.37. The highest BCUT2D eigenvalue weighted by Gasteiger charge is 2.22. The number of methoxy groups -OCH3 is 1. The minimum absolute atomic E-state index is 0.0911. The number of carboxylic acids is 1. The second-order valence-electron chi connectivity index (χ2n) is 5.78. The topological polar surface area (TPSA) is 105 Å². The summed E-state index contributed by atoms with van der Waals surface area (Å²) >= 11 is 0. The number of carboxylic acid groups (broad SMARTS) is 1. The molecular formula is C14H22N2O5S. The third-order valence-electron chi connectivity index (χ3n) is 2.63. The molecule has 0 unspecified atom stereocenters. The van der Waals surface area contributed by atoms with Gasteiger partial charge in [0.05, 0.1) is 17.9 Å². The predicted molar refractivity (Wildman–Crippen MR) is 83.8 cm³/mol. The number of carbonyl (C=O) groups is 1. The Morgan fingerprint density at radius 3 is 2.45 bits per heavy atom. The quantitative estimate of drug-likeness (QED) is 0.655. The molecule has 0 aliphatic rings. The molecule has 1 rings (SSSR count). The first-order valence-corrected chi connectivity index (χ1v) is 8.19. The largest absolute Gasteiger partial charge is 0.478 e. The molecule has 0 saturated heterocycles. The first kappa shape index (κ1) is 18.4. The van der Waals surface area contributed by atoms with E-state index >= 15 is 0 Å². The molecule has 7 nitrogen and oxygen atoms in total. The Morgan fingerprint density at radius 2 is 1.95 bits per heavy atom. The Kier molecular flexibility index (Phi) is 5.92. The number of rotatable bonds is 7. The van der Waals surface area contributed by atoms with E-state index in [-0.39, 0.29) is 29.1 Å². The molecular weight excluding hydrogens is 308 g/mol. The van der Waals surface area contributed by atoms with Crippen LogP contribution in [0.4, 0.5) is 5.69 Å². The van der Waals surface area contributed by atoms with Gasteiger partial charge < -0.3 is 15.2 Å². The second-order valence-corrected chi connectivity index (χ2v) is 7.52. The molecule has 0 spiro atoms.